The Labute approximate surface area is 195 Å². The molecule has 2 amide bonds. The molecular weight excluding hydrogens is 437 g/mol. The van der Waals surface area contributed by atoms with Gasteiger partial charge < -0.3 is 14.5 Å². The van der Waals surface area contributed by atoms with Gasteiger partial charge in [-0.05, 0) is 48.0 Å². The van der Waals surface area contributed by atoms with E-state index in [9.17, 15) is 14.0 Å². The highest BCUT2D eigenvalue weighted by atomic mass is 19.1. The van der Waals surface area contributed by atoms with Crippen LogP contribution in [0.5, 0.6) is 5.75 Å². The van der Waals surface area contributed by atoms with Gasteiger partial charge >= 0.3 is 0 Å². The number of halogens is 1. The summed E-state index contributed by atoms with van der Waals surface area (Å²) >= 11 is 0. The van der Waals surface area contributed by atoms with Crippen molar-refractivity contribution in [3.05, 3.63) is 84.1 Å². The van der Waals surface area contributed by atoms with Crippen LogP contribution in [0.1, 0.15) is 5.56 Å². The lowest BCUT2D eigenvalue weighted by Crippen LogP contribution is -2.48. The zero-order valence-electron chi connectivity index (χ0n) is 18.5. The lowest BCUT2D eigenvalue weighted by molar-refractivity contribution is -0.120. The van der Waals surface area contributed by atoms with Crippen molar-refractivity contribution in [1.82, 2.24) is 14.9 Å². The quantitative estimate of drug-likeness (QED) is 0.543. The van der Waals surface area contributed by atoms with Crippen LogP contribution in [0.4, 0.5) is 16.0 Å². The van der Waals surface area contributed by atoms with E-state index >= 15 is 0 Å². The van der Waals surface area contributed by atoms with Crippen molar-refractivity contribution >= 4 is 29.0 Å². The van der Waals surface area contributed by atoms with E-state index in [2.05, 4.69) is 9.97 Å². The molecule has 0 unspecified atom stereocenters. The van der Waals surface area contributed by atoms with Gasteiger partial charge in [-0.3, -0.25) is 9.59 Å². The van der Waals surface area contributed by atoms with Gasteiger partial charge in [0, 0.05) is 38.6 Å². The van der Waals surface area contributed by atoms with Crippen LogP contribution in [-0.4, -0.2) is 60.0 Å². The average Bonchev–Trinajstić information content (AvgIpc) is 3.15. The first-order valence-electron chi connectivity index (χ1n) is 10.9. The maximum atomic E-state index is 13.6. The highest BCUT2D eigenvalue weighted by molar-refractivity contribution is 6.45. The average molecular weight is 459 g/mol. The molecule has 0 aliphatic carbocycles. The molecule has 0 bridgehead atoms. The number of rotatable bonds is 5. The molecule has 9 heteroatoms. The summed E-state index contributed by atoms with van der Waals surface area (Å²) in [4.78, 5) is 40.9. The number of hydrogen-bond donors (Lipinski definition) is 0. The molecule has 1 saturated heterocycles. The SMILES string of the molecule is COc1ccc(C2=C(N3CCN(c4ncccn4)CC3)C(=O)N(c3ccc(F)cc3)C2=O)cc1. The minimum absolute atomic E-state index is 0.321. The third kappa shape index (κ3) is 3.85. The maximum Gasteiger partial charge on any atom is 0.282 e. The smallest absolute Gasteiger partial charge is 0.282 e. The van der Waals surface area contributed by atoms with Crippen LogP contribution in [0.2, 0.25) is 0 Å². The van der Waals surface area contributed by atoms with E-state index in [1.807, 2.05) is 9.80 Å². The third-order valence-electron chi connectivity index (χ3n) is 5.95. The Balaban J connectivity index is 1.50. The molecule has 8 nitrogen and oxygen atoms in total. The lowest BCUT2D eigenvalue weighted by Gasteiger charge is -2.36. The monoisotopic (exact) mass is 459 g/mol. The summed E-state index contributed by atoms with van der Waals surface area (Å²) < 4.78 is 18.7. The van der Waals surface area contributed by atoms with E-state index in [4.69, 9.17) is 4.74 Å². The first-order chi connectivity index (χ1) is 16.6. The zero-order valence-corrected chi connectivity index (χ0v) is 18.5. The van der Waals surface area contributed by atoms with Gasteiger partial charge in [0.1, 0.15) is 17.3 Å². The van der Waals surface area contributed by atoms with Crippen molar-refractivity contribution in [2.75, 3.05) is 43.1 Å². The first kappa shape index (κ1) is 21.6. The summed E-state index contributed by atoms with van der Waals surface area (Å²) in [7, 11) is 1.57. The maximum absolute atomic E-state index is 13.6. The fourth-order valence-electron chi connectivity index (χ4n) is 4.24. The summed E-state index contributed by atoms with van der Waals surface area (Å²) in [5.74, 6) is -0.0223. The fourth-order valence-corrected chi connectivity index (χ4v) is 4.24. The molecule has 0 atom stereocenters. The molecule has 1 fully saturated rings. The van der Waals surface area contributed by atoms with Gasteiger partial charge in [0.15, 0.2) is 0 Å². The fraction of sp³-hybridized carbons (Fsp3) is 0.200. The Morgan fingerprint density at radius 3 is 2.06 bits per heavy atom. The van der Waals surface area contributed by atoms with Gasteiger partial charge in [-0.1, -0.05) is 12.1 Å². The molecule has 2 aliphatic rings. The molecule has 3 heterocycles. The number of amides is 2. The second-order valence-electron chi connectivity index (χ2n) is 7.90. The summed E-state index contributed by atoms with van der Waals surface area (Å²) in [6.45, 7) is 2.23. The van der Waals surface area contributed by atoms with Crippen molar-refractivity contribution in [2.24, 2.45) is 0 Å². The Morgan fingerprint density at radius 2 is 1.44 bits per heavy atom. The Morgan fingerprint density at radius 1 is 0.824 bits per heavy atom. The third-order valence-corrected chi connectivity index (χ3v) is 5.95. The summed E-state index contributed by atoms with van der Waals surface area (Å²) in [6, 6.07) is 14.1. The van der Waals surface area contributed by atoms with Crippen LogP contribution in [0, 0.1) is 5.82 Å². The van der Waals surface area contributed by atoms with Crippen molar-refractivity contribution in [3.63, 3.8) is 0 Å². The molecule has 2 aliphatic heterocycles. The number of hydrogen-bond acceptors (Lipinski definition) is 7. The summed E-state index contributed by atoms with van der Waals surface area (Å²) in [6.07, 6.45) is 3.39. The van der Waals surface area contributed by atoms with E-state index in [-0.39, 0.29) is 0 Å². The predicted octanol–water partition coefficient (Wildman–Crippen LogP) is 2.73. The number of aromatic nitrogens is 2. The first-order valence-corrected chi connectivity index (χ1v) is 10.9. The largest absolute Gasteiger partial charge is 0.497 e. The molecule has 1 aromatic heterocycles. The number of piperazine rings is 1. The van der Waals surface area contributed by atoms with Crippen molar-refractivity contribution in [2.45, 2.75) is 0 Å². The molecule has 0 N–H and O–H groups in total. The van der Waals surface area contributed by atoms with Gasteiger partial charge in [-0.2, -0.15) is 0 Å². The van der Waals surface area contributed by atoms with Crippen LogP contribution >= 0.6 is 0 Å². The predicted molar refractivity (Wildman–Crippen MR) is 125 cm³/mol. The Bertz CT molecular complexity index is 1240. The number of imide groups is 1. The molecule has 5 rings (SSSR count). The molecule has 2 aromatic carbocycles. The number of methoxy groups -OCH3 is 1. The zero-order chi connectivity index (χ0) is 23.7. The normalized spacial score (nSPS) is 16.5. The highest BCUT2D eigenvalue weighted by Gasteiger charge is 2.43. The number of ether oxygens (including phenoxy) is 1. The molecule has 3 aromatic rings. The molecule has 0 saturated carbocycles. The van der Waals surface area contributed by atoms with E-state index in [0.717, 1.165) is 4.90 Å². The number of carbonyl (C=O) groups excluding carboxylic acids is 2. The van der Waals surface area contributed by atoms with Crippen LogP contribution < -0.4 is 14.5 Å². The van der Waals surface area contributed by atoms with E-state index < -0.39 is 17.6 Å². The lowest BCUT2D eigenvalue weighted by atomic mass is 10.0. The molecule has 0 spiro atoms. The van der Waals surface area contributed by atoms with Crippen LogP contribution in [0.15, 0.2) is 72.7 Å². The number of benzene rings is 2. The van der Waals surface area contributed by atoms with Gasteiger partial charge in [0.05, 0.1) is 18.4 Å². The Kier molecular flexibility index (Phi) is 5.67. The van der Waals surface area contributed by atoms with Crippen LogP contribution in [-0.2, 0) is 9.59 Å². The van der Waals surface area contributed by atoms with Crippen LogP contribution in [0.25, 0.3) is 5.57 Å². The summed E-state index contributed by atoms with van der Waals surface area (Å²) in [5.41, 5.74) is 1.61. The minimum Gasteiger partial charge on any atom is -0.497 e. The topological polar surface area (TPSA) is 78.9 Å². The van der Waals surface area contributed by atoms with Gasteiger partial charge in [-0.15, -0.1) is 0 Å². The van der Waals surface area contributed by atoms with Gasteiger partial charge in [-0.25, -0.2) is 19.3 Å². The van der Waals surface area contributed by atoms with Crippen LogP contribution in [0.3, 0.4) is 0 Å². The van der Waals surface area contributed by atoms with Gasteiger partial charge in [0.25, 0.3) is 11.8 Å². The molecular formula is C25H22FN5O3. The van der Waals surface area contributed by atoms with Crippen molar-refractivity contribution in [3.8, 4) is 5.75 Å². The second-order valence-corrected chi connectivity index (χ2v) is 7.90. The van der Waals surface area contributed by atoms with Crippen molar-refractivity contribution in [1.29, 1.82) is 0 Å². The highest BCUT2D eigenvalue weighted by Crippen LogP contribution is 2.36. The summed E-state index contributed by atoms with van der Waals surface area (Å²) in [5, 5.41) is 0. The second kappa shape index (κ2) is 8.93. The minimum atomic E-state index is -0.439. The number of nitrogens with zero attached hydrogens (tertiary/aromatic N) is 5. The standard InChI is InChI=1S/C25H22FN5O3/c1-34-20-9-3-17(4-10-20)21-22(24(33)31(23(21)32)19-7-5-18(26)6-8-19)29-13-15-30(16-14-29)25-27-11-2-12-28-25/h2-12H,13-16H2,1H3. The van der Waals surface area contributed by atoms with E-state index in [0.29, 0.717) is 60.4 Å². The molecule has 0 radical (unpaired) electrons. The van der Waals surface area contributed by atoms with E-state index in [1.165, 1.54) is 24.3 Å². The Hall–Kier alpha value is -4.27. The number of anilines is 2. The van der Waals surface area contributed by atoms with Gasteiger partial charge in [0.2, 0.25) is 5.95 Å². The number of carbonyl (C=O) groups is 2. The molecule has 172 valence electrons. The van der Waals surface area contributed by atoms with Crippen molar-refractivity contribution < 1.29 is 18.7 Å². The molecule has 34 heavy (non-hydrogen) atoms. The van der Waals surface area contributed by atoms with E-state index in [1.54, 1.807) is 49.8 Å².